The van der Waals surface area contributed by atoms with Gasteiger partial charge in [-0.25, -0.2) is 10.2 Å². The number of hydrogen-bond acceptors (Lipinski definition) is 6. The van der Waals surface area contributed by atoms with Crippen molar-refractivity contribution in [1.82, 2.24) is 5.43 Å². The minimum absolute atomic E-state index is 0.113. The van der Waals surface area contributed by atoms with Gasteiger partial charge in [0, 0.05) is 4.47 Å². The van der Waals surface area contributed by atoms with Gasteiger partial charge in [-0.1, -0.05) is 51.3 Å². The Labute approximate surface area is 213 Å². The first kappa shape index (κ1) is 25.2. The second kappa shape index (κ2) is 11.6. The zero-order valence-electron chi connectivity index (χ0n) is 17.5. The standard InChI is InChI=1S/C23H16BrCl2N3O5/c1-33-19-10-13(8-9-18(19)34-23(32)14-4-2-5-15(24)11-14)12-27-29-22(31)21(30)28-17-7-3-6-16(25)20(17)26/h2-12H,1H3,(H,28,30)(H,29,31). The zero-order valence-corrected chi connectivity index (χ0v) is 20.6. The average Bonchev–Trinajstić information content (AvgIpc) is 2.82. The SMILES string of the molecule is COc1cc(C=NNC(=O)C(=O)Nc2cccc(Cl)c2Cl)ccc1OC(=O)c1cccc(Br)c1. The number of benzene rings is 3. The van der Waals surface area contributed by atoms with E-state index in [0.29, 0.717) is 11.1 Å². The molecule has 11 heteroatoms. The van der Waals surface area contributed by atoms with Crippen LogP contribution in [0.3, 0.4) is 0 Å². The van der Waals surface area contributed by atoms with Crippen LogP contribution in [0.15, 0.2) is 70.2 Å². The Bertz CT molecular complexity index is 1280. The normalized spacial score (nSPS) is 10.6. The third-order valence-corrected chi connectivity index (χ3v) is 5.55. The highest BCUT2D eigenvalue weighted by molar-refractivity contribution is 9.10. The molecule has 0 saturated heterocycles. The molecule has 0 saturated carbocycles. The summed E-state index contributed by atoms with van der Waals surface area (Å²) in [6, 6.07) is 16.0. The highest BCUT2D eigenvalue weighted by Crippen LogP contribution is 2.30. The van der Waals surface area contributed by atoms with E-state index in [2.05, 4.69) is 31.8 Å². The molecule has 0 spiro atoms. The number of hydrogen-bond donors (Lipinski definition) is 2. The predicted octanol–water partition coefficient (Wildman–Crippen LogP) is 5.07. The quantitative estimate of drug-likeness (QED) is 0.143. The van der Waals surface area contributed by atoms with Gasteiger partial charge in [0.25, 0.3) is 0 Å². The molecule has 0 unspecified atom stereocenters. The molecule has 174 valence electrons. The zero-order chi connectivity index (χ0) is 24.7. The molecule has 2 N–H and O–H groups in total. The maximum absolute atomic E-state index is 12.4. The summed E-state index contributed by atoms with van der Waals surface area (Å²) in [5.41, 5.74) is 3.17. The van der Waals surface area contributed by atoms with E-state index in [1.54, 1.807) is 48.5 Å². The molecule has 0 aliphatic rings. The molecule has 0 heterocycles. The highest BCUT2D eigenvalue weighted by atomic mass is 79.9. The highest BCUT2D eigenvalue weighted by Gasteiger charge is 2.16. The number of methoxy groups -OCH3 is 1. The summed E-state index contributed by atoms with van der Waals surface area (Å²) < 4.78 is 11.4. The van der Waals surface area contributed by atoms with Gasteiger partial charge in [-0.2, -0.15) is 5.10 Å². The number of carbonyl (C=O) groups is 3. The van der Waals surface area contributed by atoms with Crippen LogP contribution in [0.4, 0.5) is 5.69 Å². The molecule has 3 aromatic rings. The smallest absolute Gasteiger partial charge is 0.343 e. The van der Waals surface area contributed by atoms with Crippen molar-refractivity contribution >= 4 is 68.8 Å². The van der Waals surface area contributed by atoms with Gasteiger partial charge in [0.15, 0.2) is 11.5 Å². The van der Waals surface area contributed by atoms with Crippen molar-refractivity contribution in [2.45, 2.75) is 0 Å². The van der Waals surface area contributed by atoms with Crippen molar-refractivity contribution in [3.63, 3.8) is 0 Å². The van der Waals surface area contributed by atoms with E-state index in [9.17, 15) is 14.4 Å². The summed E-state index contributed by atoms with van der Waals surface area (Å²) in [5.74, 6) is -2.08. The Kier molecular flexibility index (Phi) is 8.64. The molecule has 0 fully saturated rings. The monoisotopic (exact) mass is 563 g/mol. The van der Waals surface area contributed by atoms with E-state index in [0.717, 1.165) is 4.47 Å². The maximum Gasteiger partial charge on any atom is 0.343 e. The Hall–Kier alpha value is -3.40. The van der Waals surface area contributed by atoms with Crippen molar-refractivity contribution in [3.05, 3.63) is 86.3 Å². The van der Waals surface area contributed by atoms with Gasteiger partial charge in [0.1, 0.15) is 0 Å². The fourth-order valence-corrected chi connectivity index (χ4v) is 3.37. The van der Waals surface area contributed by atoms with Crippen LogP contribution in [0.1, 0.15) is 15.9 Å². The maximum atomic E-state index is 12.4. The number of rotatable bonds is 6. The summed E-state index contributed by atoms with van der Waals surface area (Å²) >= 11 is 15.2. The van der Waals surface area contributed by atoms with Crippen molar-refractivity contribution in [2.75, 3.05) is 12.4 Å². The second-order valence-corrected chi connectivity index (χ2v) is 8.27. The minimum atomic E-state index is -1.01. The van der Waals surface area contributed by atoms with Crippen LogP contribution in [0.2, 0.25) is 10.0 Å². The summed E-state index contributed by atoms with van der Waals surface area (Å²) in [4.78, 5) is 36.4. The van der Waals surface area contributed by atoms with Gasteiger partial charge in [-0.05, 0) is 54.1 Å². The Morgan fingerprint density at radius 1 is 0.971 bits per heavy atom. The van der Waals surface area contributed by atoms with Crippen LogP contribution in [0, 0.1) is 0 Å². The van der Waals surface area contributed by atoms with E-state index >= 15 is 0 Å². The third-order valence-electron chi connectivity index (χ3n) is 4.24. The fourth-order valence-electron chi connectivity index (χ4n) is 2.62. The van der Waals surface area contributed by atoms with Crippen LogP contribution in [-0.4, -0.2) is 31.1 Å². The van der Waals surface area contributed by atoms with Crippen LogP contribution in [0.5, 0.6) is 11.5 Å². The number of esters is 1. The molecule has 0 radical (unpaired) electrons. The number of amides is 2. The molecule has 34 heavy (non-hydrogen) atoms. The molecule has 3 rings (SSSR count). The molecule has 8 nitrogen and oxygen atoms in total. The lowest BCUT2D eigenvalue weighted by Gasteiger charge is -2.10. The summed E-state index contributed by atoms with van der Waals surface area (Å²) in [7, 11) is 1.42. The van der Waals surface area contributed by atoms with Crippen LogP contribution in [-0.2, 0) is 9.59 Å². The minimum Gasteiger partial charge on any atom is -0.493 e. The van der Waals surface area contributed by atoms with Crippen molar-refractivity contribution in [1.29, 1.82) is 0 Å². The predicted molar refractivity (Wildman–Crippen MR) is 133 cm³/mol. The first-order valence-corrected chi connectivity index (χ1v) is 11.1. The van der Waals surface area contributed by atoms with Crippen LogP contribution in [0.25, 0.3) is 0 Å². The van der Waals surface area contributed by atoms with E-state index in [-0.39, 0.29) is 27.2 Å². The molecule has 0 aliphatic carbocycles. The number of carbonyl (C=O) groups excluding carboxylic acids is 3. The Morgan fingerprint density at radius 2 is 1.74 bits per heavy atom. The molecule has 3 aromatic carbocycles. The lowest BCUT2D eigenvalue weighted by molar-refractivity contribution is -0.136. The number of ether oxygens (including phenoxy) is 2. The number of nitrogens with zero attached hydrogens (tertiary/aromatic N) is 1. The van der Waals surface area contributed by atoms with Gasteiger partial charge in [-0.15, -0.1) is 0 Å². The van der Waals surface area contributed by atoms with Gasteiger partial charge < -0.3 is 14.8 Å². The van der Waals surface area contributed by atoms with Crippen molar-refractivity contribution in [3.8, 4) is 11.5 Å². The molecule has 0 aromatic heterocycles. The topological polar surface area (TPSA) is 106 Å². The summed E-state index contributed by atoms with van der Waals surface area (Å²) in [5, 5.41) is 6.45. The van der Waals surface area contributed by atoms with Crippen molar-refractivity contribution < 1.29 is 23.9 Å². The molecular formula is C23H16BrCl2N3O5. The Morgan fingerprint density at radius 3 is 2.47 bits per heavy atom. The van der Waals surface area contributed by atoms with Gasteiger partial charge in [-0.3, -0.25) is 9.59 Å². The van der Waals surface area contributed by atoms with Crippen molar-refractivity contribution in [2.24, 2.45) is 5.10 Å². The molecule has 2 amide bonds. The van der Waals surface area contributed by atoms with Gasteiger partial charge in [0.05, 0.1) is 34.6 Å². The van der Waals surface area contributed by atoms with E-state index in [4.69, 9.17) is 32.7 Å². The molecular weight excluding hydrogens is 549 g/mol. The number of nitrogens with one attached hydrogen (secondary N) is 2. The van der Waals surface area contributed by atoms with Crippen LogP contribution >= 0.6 is 39.1 Å². The van der Waals surface area contributed by atoms with E-state index in [1.165, 1.54) is 25.5 Å². The first-order chi connectivity index (χ1) is 16.3. The Balaban J connectivity index is 1.62. The number of hydrazone groups is 1. The fraction of sp³-hybridized carbons (Fsp3) is 0.0435. The summed E-state index contributed by atoms with van der Waals surface area (Å²) in [6.07, 6.45) is 1.29. The van der Waals surface area contributed by atoms with Gasteiger partial charge >= 0.3 is 17.8 Å². The number of halogens is 3. The lowest BCUT2D eigenvalue weighted by atomic mass is 10.2. The second-order valence-electron chi connectivity index (χ2n) is 6.56. The lowest BCUT2D eigenvalue weighted by Crippen LogP contribution is -2.32. The molecule has 0 bridgehead atoms. The third kappa shape index (κ3) is 6.57. The average molecular weight is 565 g/mol. The molecule has 0 atom stereocenters. The largest absolute Gasteiger partial charge is 0.493 e. The molecule has 0 aliphatic heterocycles. The summed E-state index contributed by atoms with van der Waals surface area (Å²) in [6.45, 7) is 0. The first-order valence-electron chi connectivity index (χ1n) is 9.52. The van der Waals surface area contributed by atoms with E-state index < -0.39 is 17.8 Å². The van der Waals surface area contributed by atoms with E-state index in [1.807, 2.05) is 0 Å². The van der Waals surface area contributed by atoms with Gasteiger partial charge in [0.2, 0.25) is 0 Å². The van der Waals surface area contributed by atoms with Crippen LogP contribution < -0.4 is 20.2 Å². The number of anilines is 1.